The second-order valence-electron chi connectivity index (χ2n) is 10.5. The number of nitro groups is 1. The summed E-state index contributed by atoms with van der Waals surface area (Å²) in [6.07, 6.45) is -10.2. The van der Waals surface area contributed by atoms with Crippen LogP contribution >= 0.6 is 0 Å². The molecule has 4 rings (SSSR count). The smallest absolute Gasteiger partial charge is 0.471 e. The molecule has 0 spiro atoms. The Labute approximate surface area is 248 Å². The summed E-state index contributed by atoms with van der Waals surface area (Å²) in [5.41, 5.74) is -2.93. The van der Waals surface area contributed by atoms with Gasteiger partial charge in [0.2, 0.25) is 0 Å². The van der Waals surface area contributed by atoms with E-state index in [1.807, 2.05) is 0 Å². The Hall–Kier alpha value is -3.83. The SMILES string of the molecule is COc1ccc(OC)c2c1C[C@H](CCO)O[C@@H]2[C@]1(O)C[C@H](NC(=O)C(F)(F)F)[C@](O)(C(=O)c2ccc([N+](=O)[O-])cc2)[C@@H](C)O1. The van der Waals surface area contributed by atoms with Gasteiger partial charge in [0.25, 0.3) is 5.69 Å². The molecule has 0 aromatic heterocycles. The number of benzene rings is 2. The first-order chi connectivity index (χ1) is 20.6. The molecule has 2 heterocycles. The lowest BCUT2D eigenvalue weighted by Gasteiger charge is -2.52. The first-order valence-corrected chi connectivity index (χ1v) is 13.4. The van der Waals surface area contributed by atoms with Gasteiger partial charge in [0.05, 0.1) is 37.4 Å². The van der Waals surface area contributed by atoms with E-state index >= 15 is 0 Å². The molecule has 1 fully saturated rings. The van der Waals surface area contributed by atoms with Crippen molar-refractivity contribution in [1.29, 1.82) is 0 Å². The average Bonchev–Trinajstić information content (AvgIpc) is 2.98. The highest BCUT2D eigenvalue weighted by atomic mass is 19.4. The number of aliphatic hydroxyl groups is 3. The van der Waals surface area contributed by atoms with Crippen molar-refractivity contribution in [2.75, 3.05) is 20.8 Å². The maximum atomic E-state index is 13.7. The highest BCUT2D eigenvalue weighted by Gasteiger charge is 2.62. The minimum Gasteiger partial charge on any atom is -0.496 e. The van der Waals surface area contributed by atoms with E-state index in [0.29, 0.717) is 11.3 Å². The molecule has 0 aliphatic carbocycles. The monoisotopic (exact) mass is 628 g/mol. The van der Waals surface area contributed by atoms with E-state index in [1.54, 1.807) is 11.4 Å². The predicted molar refractivity (Wildman–Crippen MR) is 143 cm³/mol. The largest absolute Gasteiger partial charge is 0.496 e. The third kappa shape index (κ3) is 5.95. The van der Waals surface area contributed by atoms with Crippen LogP contribution in [0.2, 0.25) is 0 Å². The Kier molecular flexibility index (Phi) is 9.23. The molecule has 2 aliphatic rings. The number of fused-ring (bicyclic) bond motifs is 1. The lowest BCUT2D eigenvalue weighted by Crippen LogP contribution is -2.72. The molecular formula is C28H31F3N2O11. The average molecular weight is 629 g/mol. The van der Waals surface area contributed by atoms with Gasteiger partial charge in [0, 0.05) is 48.3 Å². The second-order valence-corrected chi connectivity index (χ2v) is 10.5. The number of nitrogens with zero attached hydrogens (tertiary/aromatic N) is 1. The van der Waals surface area contributed by atoms with Crippen molar-refractivity contribution >= 4 is 17.4 Å². The molecule has 0 bridgehead atoms. The summed E-state index contributed by atoms with van der Waals surface area (Å²) in [6.45, 7) is 0.792. The number of halogens is 3. The van der Waals surface area contributed by atoms with Crippen LogP contribution in [0.15, 0.2) is 36.4 Å². The number of ketones is 1. The van der Waals surface area contributed by atoms with Gasteiger partial charge in [-0.05, 0) is 37.6 Å². The zero-order chi connectivity index (χ0) is 32.6. The summed E-state index contributed by atoms with van der Waals surface area (Å²) >= 11 is 0. The molecule has 2 aromatic rings. The van der Waals surface area contributed by atoms with Crippen molar-refractivity contribution in [2.24, 2.45) is 0 Å². The van der Waals surface area contributed by atoms with Crippen LogP contribution < -0.4 is 14.8 Å². The van der Waals surface area contributed by atoms with Gasteiger partial charge in [-0.25, -0.2) is 0 Å². The fourth-order valence-electron chi connectivity index (χ4n) is 5.73. The number of methoxy groups -OCH3 is 2. The number of hydrogen-bond acceptors (Lipinski definition) is 11. The molecule has 4 N–H and O–H groups in total. The zero-order valence-corrected chi connectivity index (χ0v) is 23.8. The van der Waals surface area contributed by atoms with Crippen LogP contribution in [0, 0.1) is 10.1 Å². The first kappa shape index (κ1) is 33.1. The van der Waals surface area contributed by atoms with E-state index < -0.39 is 70.6 Å². The summed E-state index contributed by atoms with van der Waals surface area (Å²) in [7, 11) is 2.73. The Balaban J connectivity index is 1.83. The fraction of sp³-hybridized carbons (Fsp3) is 0.500. The standard InChI is InChI=1S/C28H31F3N2O11/c1-14-27(38,23(35)15-4-6-16(7-5-15)33(39)40)21(32-25(36)28(29,30)31)13-26(37,44-14)24-22-18(12-17(43-24)10-11-34)19(41-2)8-9-20(22)42-3/h4-9,14,17,21,24,34,37-38H,10-13H2,1-3H3,(H,32,36)/t14-,17+,21+,24+,26+,27+/m1/s1. The fourth-order valence-corrected chi connectivity index (χ4v) is 5.73. The molecule has 16 heteroatoms. The summed E-state index contributed by atoms with van der Waals surface area (Å²) in [6, 6.07) is 4.88. The third-order valence-electron chi connectivity index (χ3n) is 7.89. The molecule has 1 amide bonds. The van der Waals surface area contributed by atoms with Gasteiger partial charge in [-0.1, -0.05) is 0 Å². The van der Waals surface area contributed by atoms with Gasteiger partial charge in [-0.3, -0.25) is 19.7 Å². The number of hydrogen-bond donors (Lipinski definition) is 4. The minimum absolute atomic E-state index is 0.0821. The van der Waals surface area contributed by atoms with Gasteiger partial charge in [-0.2, -0.15) is 13.2 Å². The molecule has 2 aliphatic heterocycles. The van der Waals surface area contributed by atoms with Crippen molar-refractivity contribution in [2.45, 2.75) is 68.1 Å². The van der Waals surface area contributed by atoms with Crippen LogP contribution in [0.25, 0.3) is 0 Å². The van der Waals surface area contributed by atoms with E-state index in [4.69, 9.17) is 18.9 Å². The summed E-state index contributed by atoms with van der Waals surface area (Å²) < 4.78 is 63.3. The van der Waals surface area contributed by atoms with Crippen LogP contribution in [0.3, 0.4) is 0 Å². The topological polar surface area (TPSA) is 187 Å². The molecule has 13 nitrogen and oxygen atoms in total. The second kappa shape index (κ2) is 12.3. The number of Topliss-reactive ketones (excluding diaryl/α,β-unsaturated/α-hetero) is 1. The van der Waals surface area contributed by atoms with E-state index in [9.17, 15) is 48.2 Å². The molecule has 1 saturated heterocycles. The molecule has 44 heavy (non-hydrogen) atoms. The molecule has 2 aromatic carbocycles. The van der Waals surface area contributed by atoms with E-state index in [-0.39, 0.29) is 36.3 Å². The number of alkyl halides is 3. The van der Waals surface area contributed by atoms with Crippen LogP contribution in [0.5, 0.6) is 11.5 Å². The highest BCUT2D eigenvalue weighted by Crippen LogP contribution is 2.51. The van der Waals surface area contributed by atoms with E-state index in [0.717, 1.165) is 31.2 Å². The van der Waals surface area contributed by atoms with Gasteiger partial charge in [0.15, 0.2) is 17.2 Å². The van der Waals surface area contributed by atoms with E-state index in [2.05, 4.69) is 0 Å². The van der Waals surface area contributed by atoms with Gasteiger partial charge in [-0.15, -0.1) is 0 Å². The Morgan fingerprint density at radius 2 is 1.73 bits per heavy atom. The van der Waals surface area contributed by atoms with Crippen molar-refractivity contribution in [3.8, 4) is 11.5 Å². The van der Waals surface area contributed by atoms with Gasteiger partial charge >= 0.3 is 12.1 Å². The number of carbonyl (C=O) groups excluding carboxylic acids is 2. The summed E-state index contributed by atoms with van der Waals surface area (Å²) in [5.74, 6) is -5.77. The lowest BCUT2D eigenvalue weighted by molar-refractivity contribution is -0.384. The third-order valence-corrected chi connectivity index (χ3v) is 7.89. The predicted octanol–water partition coefficient (Wildman–Crippen LogP) is 2.14. The first-order valence-electron chi connectivity index (χ1n) is 13.4. The number of amides is 1. The Morgan fingerprint density at radius 3 is 2.27 bits per heavy atom. The Bertz CT molecular complexity index is 1420. The zero-order valence-electron chi connectivity index (χ0n) is 23.8. The molecule has 0 unspecified atom stereocenters. The number of non-ortho nitro benzene ring substituents is 1. The minimum atomic E-state index is -5.44. The maximum absolute atomic E-state index is 13.7. The molecule has 0 radical (unpaired) electrons. The van der Waals surface area contributed by atoms with Crippen molar-refractivity contribution in [1.82, 2.24) is 5.32 Å². The molecule has 240 valence electrons. The summed E-state index contributed by atoms with van der Waals surface area (Å²) in [4.78, 5) is 36.1. The normalized spacial score (nSPS) is 28.5. The number of nitro benzene ring substituents is 1. The van der Waals surface area contributed by atoms with Crippen molar-refractivity contribution in [3.05, 3.63) is 63.2 Å². The quantitative estimate of drug-likeness (QED) is 0.181. The number of ether oxygens (including phenoxy) is 4. The highest BCUT2D eigenvalue weighted by molar-refractivity contribution is 6.04. The number of rotatable bonds is 9. The molecule has 6 atom stereocenters. The maximum Gasteiger partial charge on any atom is 0.471 e. The number of aliphatic hydroxyl groups excluding tert-OH is 1. The van der Waals surface area contributed by atoms with Crippen LogP contribution in [0.1, 0.15) is 47.4 Å². The van der Waals surface area contributed by atoms with Crippen LogP contribution in [0.4, 0.5) is 18.9 Å². The van der Waals surface area contributed by atoms with Gasteiger partial charge in [0.1, 0.15) is 17.6 Å². The van der Waals surface area contributed by atoms with E-state index in [1.165, 1.54) is 20.3 Å². The number of nitrogens with one attached hydrogen (secondary N) is 1. The number of carbonyl (C=O) groups is 2. The molecule has 0 saturated carbocycles. The van der Waals surface area contributed by atoms with Crippen molar-refractivity contribution in [3.63, 3.8) is 0 Å². The lowest BCUT2D eigenvalue weighted by atomic mass is 9.74. The van der Waals surface area contributed by atoms with Crippen LogP contribution in [-0.4, -0.2) is 88.6 Å². The molecular weight excluding hydrogens is 597 g/mol. The summed E-state index contributed by atoms with van der Waals surface area (Å²) in [5, 5.41) is 46.0. The Morgan fingerprint density at radius 1 is 1.11 bits per heavy atom. The van der Waals surface area contributed by atoms with Crippen LogP contribution in [-0.2, 0) is 20.7 Å². The van der Waals surface area contributed by atoms with Crippen molar-refractivity contribution < 1.29 is 62.0 Å². The van der Waals surface area contributed by atoms with Gasteiger partial charge < -0.3 is 39.6 Å².